The molecule has 0 aromatic heterocycles. The van der Waals surface area contributed by atoms with Gasteiger partial charge in [0.1, 0.15) is 26.4 Å². The first-order valence-electron chi connectivity index (χ1n) is 11.1. The van der Waals surface area contributed by atoms with Gasteiger partial charge in [-0.2, -0.15) is 0 Å². The summed E-state index contributed by atoms with van der Waals surface area (Å²) < 4.78 is 43.3. The van der Waals surface area contributed by atoms with Crippen LogP contribution in [-0.4, -0.2) is 68.4 Å². The molecule has 0 spiro atoms. The monoisotopic (exact) mass is 546 g/mol. The molecule has 0 aromatic carbocycles. The van der Waals surface area contributed by atoms with Crippen LogP contribution in [-0.2, 0) is 51.7 Å². The summed E-state index contributed by atoms with van der Waals surface area (Å²) in [6, 6.07) is 0. The van der Waals surface area contributed by atoms with E-state index in [-0.39, 0.29) is 39.3 Å². The van der Waals surface area contributed by atoms with Crippen molar-refractivity contribution in [3.8, 4) is 0 Å². The Bertz CT molecular complexity index is 778. The largest absolute Gasteiger partial charge is 0.472 e. The lowest BCUT2D eigenvalue weighted by molar-refractivity contribution is -0.150. The second-order valence-corrected chi connectivity index (χ2v) is 9.42. The molecule has 0 aliphatic heterocycles. The summed E-state index contributed by atoms with van der Waals surface area (Å²) in [5, 5.41) is 0. The average molecular weight is 547 g/mol. The lowest BCUT2D eigenvalue weighted by Gasteiger charge is -2.33. The molecule has 0 aromatic rings. The van der Waals surface area contributed by atoms with E-state index in [1.807, 2.05) is 0 Å². The van der Waals surface area contributed by atoms with Gasteiger partial charge in [0.2, 0.25) is 0 Å². The van der Waals surface area contributed by atoms with Crippen LogP contribution < -0.4 is 0 Å². The van der Waals surface area contributed by atoms with Crippen molar-refractivity contribution in [3.05, 3.63) is 50.6 Å². The lowest BCUT2D eigenvalue weighted by Crippen LogP contribution is -2.39. The van der Waals surface area contributed by atoms with Crippen molar-refractivity contribution < 1.29 is 56.6 Å². The molecule has 0 saturated carbocycles. The van der Waals surface area contributed by atoms with E-state index in [2.05, 4.69) is 26.3 Å². The number of phosphoric ester groups is 1. The highest BCUT2D eigenvalue weighted by molar-refractivity contribution is 7.47. The van der Waals surface area contributed by atoms with Gasteiger partial charge in [0.15, 0.2) is 0 Å². The Hall–Kier alpha value is -3.05. The van der Waals surface area contributed by atoms with Crippen LogP contribution in [0.2, 0.25) is 0 Å². The molecule has 0 amide bonds. The van der Waals surface area contributed by atoms with E-state index >= 15 is 0 Å². The summed E-state index contributed by atoms with van der Waals surface area (Å²) in [5.41, 5.74) is -2.42. The molecular weight excluding hydrogens is 511 g/mol. The fraction of sp³-hybridized carbons (Fsp3) is 0.500. The van der Waals surface area contributed by atoms with Gasteiger partial charge in [-0.05, 0) is 12.8 Å². The topological polar surface area (TPSA) is 161 Å². The molecule has 37 heavy (non-hydrogen) atoms. The van der Waals surface area contributed by atoms with Crippen molar-refractivity contribution in [3.63, 3.8) is 0 Å². The summed E-state index contributed by atoms with van der Waals surface area (Å²) in [5.74, 6) is -3.03. The Kier molecular flexibility index (Phi) is 15.3. The quantitative estimate of drug-likeness (QED) is 0.103. The van der Waals surface area contributed by atoms with Crippen molar-refractivity contribution >= 4 is 31.7 Å². The zero-order valence-corrected chi connectivity index (χ0v) is 22.1. The molecule has 12 nitrogen and oxygen atoms in total. The number of rotatable bonds is 20. The number of esters is 4. The maximum atomic E-state index is 12.7. The summed E-state index contributed by atoms with van der Waals surface area (Å²) in [6.07, 6.45) is 4.13. The standard InChI is InChI=1S/C24H35O12P/c1-7-19(25)31-13-23(11-5,14-32-20(26)8-2)17-35-37(29,30)36-18-24(12-6,15-33-21(27)9-3)16-34-22(28)10-4/h7-10H,1-4,11-18H2,5-6H3,(H,29,30). The summed E-state index contributed by atoms with van der Waals surface area (Å²) >= 11 is 0. The van der Waals surface area contributed by atoms with Gasteiger partial charge >= 0.3 is 31.7 Å². The fourth-order valence-corrected chi connectivity index (χ4v) is 3.42. The molecule has 0 saturated heterocycles. The van der Waals surface area contributed by atoms with Gasteiger partial charge in [-0.25, -0.2) is 23.7 Å². The number of phosphoric acid groups is 1. The van der Waals surface area contributed by atoms with Crippen LogP contribution in [0.15, 0.2) is 50.6 Å². The zero-order valence-electron chi connectivity index (χ0n) is 21.2. The molecule has 0 aliphatic carbocycles. The van der Waals surface area contributed by atoms with E-state index < -0.39 is 55.7 Å². The molecular formula is C24H35O12P. The van der Waals surface area contributed by atoms with E-state index in [1.165, 1.54) is 0 Å². The highest BCUT2D eigenvalue weighted by Crippen LogP contribution is 2.47. The second kappa shape index (κ2) is 16.6. The fourth-order valence-electron chi connectivity index (χ4n) is 2.47. The Morgan fingerprint density at radius 3 is 1.05 bits per heavy atom. The predicted molar refractivity (Wildman–Crippen MR) is 132 cm³/mol. The number of ether oxygens (including phenoxy) is 4. The van der Waals surface area contributed by atoms with Crippen LogP contribution >= 0.6 is 7.82 Å². The molecule has 0 radical (unpaired) electrons. The first-order chi connectivity index (χ1) is 17.4. The zero-order chi connectivity index (χ0) is 28.5. The van der Waals surface area contributed by atoms with Crippen LogP contribution in [0.3, 0.4) is 0 Å². The van der Waals surface area contributed by atoms with Gasteiger partial charge in [0.25, 0.3) is 0 Å². The molecule has 13 heteroatoms. The molecule has 0 bridgehead atoms. The minimum Gasteiger partial charge on any atom is -0.462 e. The van der Waals surface area contributed by atoms with Crippen LogP contribution in [0.1, 0.15) is 26.7 Å². The maximum Gasteiger partial charge on any atom is 0.472 e. The van der Waals surface area contributed by atoms with Crippen LogP contribution in [0, 0.1) is 10.8 Å². The van der Waals surface area contributed by atoms with Gasteiger partial charge in [0.05, 0.1) is 24.0 Å². The average Bonchev–Trinajstić information content (AvgIpc) is 2.91. The van der Waals surface area contributed by atoms with Crippen molar-refractivity contribution in [1.82, 2.24) is 0 Å². The Morgan fingerprint density at radius 1 is 0.622 bits per heavy atom. The van der Waals surface area contributed by atoms with E-state index in [0.717, 1.165) is 24.3 Å². The highest BCUT2D eigenvalue weighted by Gasteiger charge is 2.39. The number of hydrogen-bond acceptors (Lipinski definition) is 11. The second-order valence-electron chi connectivity index (χ2n) is 7.97. The summed E-state index contributed by atoms with van der Waals surface area (Å²) in [6.45, 7) is 14.2. The molecule has 0 rings (SSSR count). The normalized spacial score (nSPS) is 11.5. The minimum absolute atomic E-state index is 0.204. The van der Waals surface area contributed by atoms with E-state index in [4.69, 9.17) is 28.0 Å². The van der Waals surface area contributed by atoms with Crippen molar-refractivity contribution in [2.24, 2.45) is 10.8 Å². The molecule has 0 unspecified atom stereocenters. The van der Waals surface area contributed by atoms with Crippen molar-refractivity contribution in [2.75, 3.05) is 39.6 Å². The highest BCUT2D eigenvalue weighted by atomic mass is 31.2. The van der Waals surface area contributed by atoms with E-state index in [1.54, 1.807) is 13.8 Å². The van der Waals surface area contributed by atoms with Gasteiger partial charge in [-0.15, -0.1) is 0 Å². The molecule has 0 atom stereocenters. The molecule has 0 aliphatic rings. The summed E-state index contributed by atoms with van der Waals surface area (Å²) in [4.78, 5) is 56.6. The van der Waals surface area contributed by atoms with Crippen LogP contribution in [0.4, 0.5) is 0 Å². The van der Waals surface area contributed by atoms with E-state index in [0.29, 0.717) is 0 Å². The number of carbonyl (C=O) groups is 4. The van der Waals surface area contributed by atoms with Gasteiger partial charge in [-0.1, -0.05) is 40.2 Å². The Balaban J connectivity index is 5.60. The Morgan fingerprint density at radius 2 is 0.865 bits per heavy atom. The maximum absolute atomic E-state index is 12.7. The van der Waals surface area contributed by atoms with Crippen molar-refractivity contribution in [1.29, 1.82) is 0 Å². The first-order valence-corrected chi connectivity index (χ1v) is 12.6. The SMILES string of the molecule is C=CC(=O)OCC(CC)(COC(=O)C=C)COP(=O)(O)OCC(CC)(COC(=O)C=C)COC(=O)C=C. The third-order valence-electron chi connectivity index (χ3n) is 5.32. The molecule has 1 N–H and O–H groups in total. The predicted octanol–water partition coefficient (Wildman–Crippen LogP) is 2.83. The molecule has 0 heterocycles. The smallest absolute Gasteiger partial charge is 0.462 e. The number of carbonyl (C=O) groups excluding carboxylic acids is 4. The van der Waals surface area contributed by atoms with Crippen LogP contribution in [0.5, 0.6) is 0 Å². The summed E-state index contributed by atoms with van der Waals surface area (Å²) in [7, 11) is -4.77. The number of hydrogen-bond donors (Lipinski definition) is 1. The molecule has 208 valence electrons. The Labute approximate surface area is 216 Å². The lowest BCUT2D eigenvalue weighted by atomic mass is 9.88. The third kappa shape index (κ3) is 13.2. The third-order valence-corrected chi connectivity index (χ3v) is 6.23. The molecule has 0 fully saturated rings. The van der Waals surface area contributed by atoms with Gasteiger partial charge < -0.3 is 23.8 Å². The first kappa shape index (κ1) is 34.0. The van der Waals surface area contributed by atoms with Crippen molar-refractivity contribution in [2.45, 2.75) is 26.7 Å². The van der Waals surface area contributed by atoms with E-state index in [9.17, 15) is 28.6 Å². The van der Waals surface area contributed by atoms with Gasteiger partial charge in [-0.3, -0.25) is 9.05 Å². The van der Waals surface area contributed by atoms with Crippen LogP contribution in [0.25, 0.3) is 0 Å². The van der Waals surface area contributed by atoms with Gasteiger partial charge in [0, 0.05) is 24.3 Å². The minimum atomic E-state index is -4.77.